The van der Waals surface area contributed by atoms with Gasteiger partial charge in [0.2, 0.25) is 0 Å². The van der Waals surface area contributed by atoms with Gasteiger partial charge in [0, 0.05) is 29.0 Å². The third-order valence-electron chi connectivity index (χ3n) is 3.21. The number of rotatable bonds is 5. The van der Waals surface area contributed by atoms with E-state index in [1.807, 2.05) is 43.5 Å². The Balaban J connectivity index is 1.75. The van der Waals surface area contributed by atoms with Crippen LogP contribution in [0.3, 0.4) is 0 Å². The Labute approximate surface area is 144 Å². The van der Waals surface area contributed by atoms with Gasteiger partial charge in [-0.25, -0.2) is 4.98 Å². The predicted octanol–water partition coefficient (Wildman–Crippen LogP) is 4.24. The van der Waals surface area contributed by atoms with E-state index in [0.717, 1.165) is 10.6 Å². The van der Waals surface area contributed by atoms with Crippen LogP contribution in [0, 0.1) is 0 Å². The Morgan fingerprint density at radius 3 is 2.62 bits per heavy atom. The molecule has 0 unspecified atom stereocenters. The van der Waals surface area contributed by atoms with E-state index in [0.29, 0.717) is 17.0 Å². The van der Waals surface area contributed by atoms with Crippen molar-refractivity contribution >= 4 is 22.9 Å². The van der Waals surface area contributed by atoms with Gasteiger partial charge in [0.05, 0.1) is 17.9 Å². The summed E-state index contributed by atoms with van der Waals surface area (Å²) in [5, 5.41) is 5.77. The molecule has 3 rings (SSSR count). The Hall–Kier alpha value is -2.73. The number of benzene rings is 1. The molecule has 3 aromatic rings. The minimum Gasteiger partial charge on any atom is -0.489 e. The van der Waals surface area contributed by atoms with Crippen LogP contribution < -0.4 is 10.1 Å². The van der Waals surface area contributed by atoms with Crippen LogP contribution >= 0.6 is 11.3 Å². The molecule has 0 saturated carbocycles. The highest BCUT2D eigenvalue weighted by atomic mass is 32.1. The first-order valence-electron chi connectivity index (χ1n) is 7.55. The van der Waals surface area contributed by atoms with E-state index in [9.17, 15) is 4.79 Å². The second-order valence-corrected chi connectivity index (χ2v) is 6.30. The zero-order chi connectivity index (χ0) is 16.9. The number of carbonyl (C=O) groups is 1. The summed E-state index contributed by atoms with van der Waals surface area (Å²) >= 11 is 1.58. The third kappa shape index (κ3) is 3.78. The monoisotopic (exact) mass is 339 g/mol. The van der Waals surface area contributed by atoms with Crippen LogP contribution in [-0.2, 0) is 0 Å². The summed E-state index contributed by atoms with van der Waals surface area (Å²) < 4.78 is 5.64. The molecule has 0 fully saturated rings. The maximum atomic E-state index is 12.5. The minimum absolute atomic E-state index is 0.0293. The van der Waals surface area contributed by atoms with Gasteiger partial charge in [0.1, 0.15) is 5.01 Å². The van der Waals surface area contributed by atoms with Crippen molar-refractivity contribution in [2.75, 3.05) is 5.32 Å². The van der Waals surface area contributed by atoms with Crippen LogP contribution in [0.4, 0.5) is 5.69 Å². The lowest BCUT2D eigenvalue weighted by Gasteiger charge is -2.13. The van der Waals surface area contributed by atoms with E-state index in [1.54, 1.807) is 36.0 Å². The van der Waals surface area contributed by atoms with Crippen LogP contribution in [0.1, 0.15) is 24.2 Å². The summed E-state index contributed by atoms with van der Waals surface area (Å²) in [6.07, 6.45) is 4.88. The number of hydrogen-bond acceptors (Lipinski definition) is 5. The molecule has 6 heteroatoms. The van der Waals surface area contributed by atoms with E-state index < -0.39 is 0 Å². The fourth-order valence-corrected chi connectivity index (χ4v) is 2.82. The molecular formula is C18H17N3O2S. The summed E-state index contributed by atoms with van der Waals surface area (Å²) in [7, 11) is 0. The molecule has 2 aromatic heterocycles. The first kappa shape index (κ1) is 16.1. The Morgan fingerprint density at radius 2 is 1.96 bits per heavy atom. The van der Waals surface area contributed by atoms with Crippen molar-refractivity contribution in [2.24, 2.45) is 0 Å². The van der Waals surface area contributed by atoms with Crippen LogP contribution in [0.25, 0.3) is 10.6 Å². The lowest BCUT2D eigenvalue weighted by molar-refractivity contribution is 0.102. The zero-order valence-electron chi connectivity index (χ0n) is 13.4. The van der Waals surface area contributed by atoms with Gasteiger partial charge in [-0.1, -0.05) is 0 Å². The predicted molar refractivity (Wildman–Crippen MR) is 95.5 cm³/mol. The van der Waals surface area contributed by atoms with Crippen molar-refractivity contribution in [3.8, 4) is 16.3 Å². The molecule has 0 spiro atoms. The molecule has 0 saturated heterocycles. The minimum atomic E-state index is -0.227. The zero-order valence-corrected chi connectivity index (χ0v) is 14.2. The van der Waals surface area contributed by atoms with Crippen molar-refractivity contribution in [1.29, 1.82) is 0 Å². The third-order valence-corrected chi connectivity index (χ3v) is 4.04. The molecule has 122 valence electrons. The largest absolute Gasteiger partial charge is 0.489 e. The number of nitrogens with zero attached hydrogens (tertiary/aromatic N) is 2. The highest BCUT2D eigenvalue weighted by molar-refractivity contribution is 7.13. The molecule has 0 aliphatic carbocycles. The summed E-state index contributed by atoms with van der Waals surface area (Å²) in [5.74, 6) is 0.249. The number of ether oxygens (including phenoxy) is 1. The first-order chi connectivity index (χ1) is 11.6. The molecule has 2 heterocycles. The molecule has 0 aliphatic rings. The van der Waals surface area contributed by atoms with Gasteiger partial charge >= 0.3 is 0 Å². The number of carbonyl (C=O) groups excluding carboxylic acids is 1. The quantitative estimate of drug-likeness (QED) is 0.755. The number of pyridine rings is 1. The molecule has 0 bridgehead atoms. The van der Waals surface area contributed by atoms with Gasteiger partial charge < -0.3 is 10.1 Å². The maximum absolute atomic E-state index is 12.5. The summed E-state index contributed by atoms with van der Waals surface area (Å²) in [6.45, 7) is 3.82. The Bertz CT molecular complexity index is 815. The van der Waals surface area contributed by atoms with Crippen LogP contribution in [0.15, 0.2) is 54.3 Å². The fourth-order valence-electron chi connectivity index (χ4n) is 2.18. The van der Waals surface area contributed by atoms with Crippen LogP contribution in [-0.4, -0.2) is 22.0 Å². The normalized spacial score (nSPS) is 10.6. The fraction of sp³-hybridized carbons (Fsp3) is 0.167. The number of amides is 1. The van der Waals surface area contributed by atoms with Crippen LogP contribution in [0.5, 0.6) is 5.75 Å². The molecule has 1 aromatic carbocycles. The van der Waals surface area contributed by atoms with Crippen molar-refractivity contribution in [2.45, 2.75) is 20.0 Å². The van der Waals surface area contributed by atoms with E-state index in [1.165, 1.54) is 0 Å². The highest BCUT2D eigenvalue weighted by Gasteiger charge is 2.14. The number of nitrogens with one attached hydrogen (secondary N) is 1. The first-order valence-corrected chi connectivity index (χ1v) is 8.43. The smallest absolute Gasteiger partial charge is 0.259 e. The van der Waals surface area contributed by atoms with E-state index in [2.05, 4.69) is 15.3 Å². The number of thiazole rings is 1. The van der Waals surface area contributed by atoms with Crippen molar-refractivity contribution < 1.29 is 9.53 Å². The lowest BCUT2D eigenvalue weighted by atomic mass is 10.2. The van der Waals surface area contributed by atoms with Gasteiger partial charge in [-0.2, -0.15) is 0 Å². The molecular weight excluding hydrogens is 322 g/mol. The molecule has 1 N–H and O–H groups in total. The number of hydrogen-bond donors (Lipinski definition) is 1. The lowest BCUT2D eigenvalue weighted by Crippen LogP contribution is -2.16. The highest BCUT2D eigenvalue weighted by Crippen LogP contribution is 2.24. The summed E-state index contributed by atoms with van der Waals surface area (Å²) in [6, 6.07) is 9.24. The second kappa shape index (κ2) is 7.23. The summed E-state index contributed by atoms with van der Waals surface area (Å²) in [4.78, 5) is 20.8. The van der Waals surface area contributed by atoms with E-state index >= 15 is 0 Å². The van der Waals surface area contributed by atoms with Gasteiger partial charge in [-0.15, -0.1) is 11.3 Å². The van der Waals surface area contributed by atoms with E-state index in [-0.39, 0.29) is 12.0 Å². The molecule has 0 radical (unpaired) electrons. The Kier molecular flexibility index (Phi) is 4.86. The van der Waals surface area contributed by atoms with Crippen LogP contribution in [0.2, 0.25) is 0 Å². The SMILES string of the molecule is CC(C)Oc1cnccc1C(=O)Nc1ccc(-c2nccs2)cc1. The van der Waals surface area contributed by atoms with Crippen molar-refractivity contribution in [3.63, 3.8) is 0 Å². The molecule has 0 atom stereocenters. The van der Waals surface area contributed by atoms with Gasteiger partial charge in [0.25, 0.3) is 5.91 Å². The average Bonchev–Trinajstić information content (AvgIpc) is 3.10. The van der Waals surface area contributed by atoms with Gasteiger partial charge in [0.15, 0.2) is 5.75 Å². The summed E-state index contributed by atoms with van der Waals surface area (Å²) in [5.41, 5.74) is 2.20. The van der Waals surface area contributed by atoms with Gasteiger partial charge in [-0.3, -0.25) is 9.78 Å². The van der Waals surface area contributed by atoms with E-state index in [4.69, 9.17) is 4.74 Å². The second-order valence-electron chi connectivity index (χ2n) is 5.41. The maximum Gasteiger partial charge on any atom is 0.259 e. The molecule has 0 aliphatic heterocycles. The Morgan fingerprint density at radius 1 is 1.17 bits per heavy atom. The number of aromatic nitrogens is 2. The number of anilines is 1. The van der Waals surface area contributed by atoms with Crippen molar-refractivity contribution in [1.82, 2.24) is 9.97 Å². The van der Waals surface area contributed by atoms with Crippen molar-refractivity contribution in [3.05, 3.63) is 59.9 Å². The molecule has 24 heavy (non-hydrogen) atoms. The standard InChI is InChI=1S/C18H17N3O2S/c1-12(2)23-16-11-19-8-7-15(16)17(22)21-14-5-3-13(4-6-14)18-20-9-10-24-18/h3-12H,1-2H3,(H,21,22). The molecule has 1 amide bonds. The topological polar surface area (TPSA) is 64.1 Å². The van der Waals surface area contributed by atoms with Gasteiger partial charge in [-0.05, 0) is 44.2 Å². The molecule has 5 nitrogen and oxygen atoms in total. The average molecular weight is 339 g/mol.